The van der Waals surface area contributed by atoms with E-state index in [0.29, 0.717) is 0 Å². The fourth-order valence-corrected chi connectivity index (χ4v) is 2.13. The summed E-state index contributed by atoms with van der Waals surface area (Å²) in [6, 6.07) is 0.121. The van der Waals surface area contributed by atoms with Crippen LogP contribution in [-0.2, 0) is 9.59 Å². The number of aromatic nitrogens is 3. The van der Waals surface area contributed by atoms with Crippen molar-refractivity contribution >= 4 is 11.8 Å². The van der Waals surface area contributed by atoms with Gasteiger partial charge >= 0.3 is 11.8 Å². The lowest BCUT2D eigenvalue weighted by Gasteiger charge is -2.34. The standard InChI is InChI=1S/C11H18N6O2/c1-15-5-3-9(4-6-15)16(2)11(19)10(18)14-17-7-12-13-8-17/h7-9H,3-6H2,1-2H3,(H,14,18). The predicted molar refractivity (Wildman–Crippen MR) is 67.7 cm³/mol. The van der Waals surface area contributed by atoms with Gasteiger partial charge in [0.1, 0.15) is 12.7 Å². The molecule has 0 unspecified atom stereocenters. The van der Waals surface area contributed by atoms with E-state index < -0.39 is 11.8 Å². The highest BCUT2D eigenvalue weighted by atomic mass is 16.2. The summed E-state index contributed by atoms with van der Waals surface area (Å²) in [6.07, 6.45) is 4.42. The fourth-order valence-electron chi connectivity index (χ4n) is 2.13. The Morgan fingerprint density at radius 3 is 2.42 bits per heavy atom. The van der Waals surface area contributed by atoms with E-state index in [4.69, 9.17) is 0 Å². The molecule has 1 aromatic rings. The molecule has 1 fully saturated rings. The molecule has 19 heavy (non-hydrogen) atoms. The van der Waals surface area contributed by atoms with Crippen molar-refractivity contribution in [2.45, 2.75) is 18.9 Å². The molecule has 0 saturated carbocycles. The Balaban J connectivity index is 1.89. The Hall–Kier alpha value is -1.96. The van der Waals surface area contributed by atoms with Gasteiger partial charge in [-0.15, -0.1) is 10.2 Å². The van der Waals surface area contributed by atoms with Crippen LogP contribution in [0.1, 0.15) is 12.8 Å². The second kappa shape index (κ2) is 5.79. The van der Waals surface area contributed by atoms with Crippen LogP contribution in [0.15, 0.2) is 12.7 Å². The lowest BCUT2D eigenvalue weighted by Crippen LogP contribution is -2.48. The van der Waals surface area contributed by atoms with E-state index in [-0.39, 0.29) is 6.04 Å². The number of amides is 2. The Kier molecular flexibility index (Phi) is 4.10. The number of carbonyl (C=O) groups excluding carboxylic acids is 2. The third kappa shape index (κ3) is 3.28. The monoisotopic (exact) mass is 266 g/mol. The number of piperidine rings is 1. The second-order valence-corrected chi connectivity index (χ2v) is 4.76. The zero-order chi connectivity index (χ0) is 13.8. The number of nitrogens with one attached hydrogen (secondary N) is 1. The highest BCUT2D eigenvalue weighted by Gasteiger charge is 2.27. The number of likely N-dealkylation sites (N-methyl/N-ethyl adjacent to an activating group) is 1. The van der Waals surface area contributed by atoms with Crippen LogP contribution in [0.4, 0.5) is 0 Å². The van der Waals surface area contributed by atoms with Gasteiger partial charge in [0, 0.05) is 13.1 Å². The Morgan fingerprint density at radius 1 is 1.26 bits per heavy atom. The van der Waals surface area contributed by atoms with E-state index in [1.54, 1.807) is 7.05 Å². The summed E-state index contributed by atoms with van der Waals surface area (Å²) in [7, 11) is 3.72. The maximum Gasteiger partial charge on any atom is 0.328 e. The molecular formula is C11H18N6O2. The van der Waals surface area contributed by atoms with Crippen molar-refractivity contribution in [3.63, 3.8) is 0 Å². The van der Waals surface area contributed by atoms with Crippen molar-refractivity contribution in [3.05, 3.63) is 12.7 Å². The van der Waals surface area contributed by atoms with Crippen molar-refractivity contribution in [3.8, 4) is 0 Å². The summed E-state index contributed by atoms with van der Waals surface area (Å²) in [5.74, 6) is -1.22. The van der Waals surface area contributed by atoms with Crippen LogP contribution in [-0.4, -0.2) is 69.7 Å². The quantitative estimate of drug-likeness (QED) is 0.687. The number of carbonyl (C=O) groups is 2. The Labute approximate surface area is 111 Å². The Bertz CT molecular complexity index is 438. The average Bonchev–Trinajstić information content (AvgIpc) is 2.90. The third-order valence-corrected chi connectivity index (χ3v) is 3.40. The van der Waals surface area contributed by atoms with Gasteiger partial charge in [0.15, 0.2) is 0 Å². The molecule has 0 spiro atoms. The van der Waals surface area contributed by atoms with Gasteiger partial charge in [-0.05, 0) is 33.0 Å². The second-order valence-electron chi connectivity index (χ2n) is 4.76. The molecular weight excluding hydrogens is 248 g/mol. The fraction of sp³-hybridized carbons (Fsp3) is 0.636. The Morgan fingerprint density at radius 2 is 1.84 bits per heavy atom. The van der Waals surface area contributed by atoms with Gasteiger partial charge in [0.05, 0.1) is 0 Å². The van der Waals surface area contributed by atoms with Crippen LogP contribution < -0.4 is 5.43 Å². The molecule has 1 aliphatic rings. The number of nitrogens with zero attached hydrogens (tertiary/aromatic N) is 5. The first-order chi connectivity index (χ1) is 9.08. The molecule has 2 heterocycles. The summed E-state index contributed by atoms with van der Waals surface area (Å²) < 4.78 is 1.25. The average molecular weight is 266 g/mol. The van der Waals surface area contributed by atoms with E-state index in [9.17, 15) is 9.59 Å². The molecule has 2 rings (SSSR count). The molecule has 0 aromatic carbocycles. The summed E-state index contributed by atoms with van der Waals surface area (Å²) >= 11 is 0. The highest BCUT2D eigenvalue weighted by molar-refractivity contribution is 6.38. The first-order valence-electron chi connectivity index (χ1n) is 6.19. The normalized spacial score (nSPS) is 17.2. The van der Waals surface area contributed by atoms with Crippen molar-refractivity contribution < 1.29 is 9.59 Å². The van der Waals surface area contributed by atoms with Gasteiger partial charge in [0.25, 0.3) is 0 Å². The topological polar surface area (TPSA) is 83.4 Å². The zero-order valence-corrected chi connectivity index (χ0v) is 11.1. The van der Waals surface area contributed by atoms with E-state index in [2.05, 4.69) is 27.6 Å². The molecule has 8 nitrogen and oxygen atoms in total. The maximum atomic E-state index is 12.0. The third-order valence-electron chi connectivity index (χ3n) is 3.40. The summed E-state index contributed by atoms with van der Waals surface area (Å²) in [6.45, 7) is 1.88. The van der Waals surface area contributed by atoms with E-state index >= 15 is 0 Å². The molecule has 2 amide bonds. The van der Waals surface area contributed by atoms with Gasteiger partial charge in [0.2, 0.25) is 0 Å². The molecule has 104 valence electrons. The van der Waals surface area contributed by atoms with Crippen LogP contribution >= 0.6 is 0 Å². The molecule has 1 N–H and O–H groups in total. The molecule has 1 aromatic heterocycles. The van der Waals surface area contributed by atoms with Gasteiger partial charge in [-0.1, -0.05) is 0 Å². The largest absolute Gasteiger partial charge is 0.334 e. The lowest BCUT2D eigenvalue weighted by molar-refractivity contribution is -0.144. The van der Waals surface area contributed by atoms with E-state index in [1.807, 2.05) is 0 Å². The van der Waals surface area contributed by atoms with Crippen molar-refractivity contribution in [2.75, 3.05) is 32.6 Å². The number of hydrogen-bond donors (Lipinski definition) is 1. The van der Waals surface area contributed by atoms with Crippen molar-refractivity contribution in [2.24, 2.45) is 0 Å². The lowest BCUT2D eigenvalue weighted by atomic mass is 10.0. The van der Waals surface area contributed by atoms with Gasteiger partial charge in [-0.3, -0.25) is 15.0 Å². The van der Waals surface area contributed by atoms with Gasteiger partial charge < -0.3 is 9.80 Å². The molecule has 0 aliphatic carbocycles. The van der Waals surface area contributed by atoms with Crippen LogP contribution in [0.25, 0.3) is 0 Å². The summed E-state index contributed by atoms with van der Waals surface area (Å²) in [4.78, 5) is 27.5. The summed E-state index contributed by atoms with van der Waals surface area (Å²) in [5, 5.41) is 7.09. The van der Waals surface area contributed by atoms with Crippen molar-refractivity contribution in [1.82, 2.24) is 24.7 Å². The molecule has 0 atom stereocenters. The minimum atomic E-state index is -0.679. The first kappa shape index (κ1) is 13.5. The molecule has 1 saturated heterocycles. The van der Waals surface area contributed by atoms with Gasteiger partial charge in [-0.25, -0.2) is 4.68 Å². The van der Waals surface area contributed by atoms with Crippen LogP contribution in [0.3, 0.4) is 0 Å². The molecule has 0 radical (unpaired) electrons. The highest BCUT2D eigenvalue weighted by Crippen LogP contribution is 2.14. The predicted octanol–water partition coefficient (Wildman–Crippen LogP) is -1.10. The van der Waals surface area contributed by atoms with Gasteiger partial charge in [-0.2, -0.15) is 0 Å². The number of hydrogen-bond acceptors (Lipinski definition) is 5. The minimum absolute atomic E-state index is 0.121. The van der Waals surface area contributed by atoms with Crippen LogP contribution in [0.5, 0.6) is 0 Å². The van der Waals surface area contributed by atoms with E-state index in [1.165, 1.54) is 22.2 Å². The SMILES string of the molecule is CN1CCC(N(C)C(=O)C(=O)Nn2cnnc2)CC1. The zero-order valence-electron chi connectivity index (χ0n) is 11.1. The maximum absolute atomic E-state index is 12.0. The molecule has 1 aliphatic heterocycles. The number of rotatable bonds is 2. The molecule has 8 heteroatoms. The van der Waals surface area contributed by atoms with Crippen LogP contribution in [0.2, 0.25) is 0 Å². The van der Waals surface area contributed by atoms with E-state index in [0.717, 1.165) is 25.9 Å². The molecule has 0 bridgehead atoms. The first-order valence-corrected chi connectivity index (χ1v) is 6.19. The smallest absolute Gasteiger partial charge is 0.328 e. The minimum Gasteiger partial charge on any atom is -0.334 e. The number of likely N-dealkylation sites (tertiary alicyclic amines) is 1. The van der Waals surface area contributed by atoms with Crippen molar-refractivity contribution in [1.29, 1.82) is 0 Å². The summed E-state index contributed by atoms with van der Waals surface area (Å²) in [5.41, 5.74) is 2.40. The van der Waals surface area contributed by atoms with Crippen LogP contribution in [0, 0.1) is 0 Å².